The van der Waals surface area contributed by atoms with Crippen molar-refractivity contribution in [2.24, 2.45) is 0 Å². The number of hydrogen-bond donors (Lipinski definition) is 1. The topological polar surface area (TPSA) is 68.4 Å². The van der Waals surface area contributed by atoms with Gasteiger partial charge in [-0.3, -0.25) is 0 Å². The van der Waals surface area contributed by atoms with Crippen molar-refractivity contribution in [3.8, 4) is 0 Å². The zero-order chi connectivity index (χ0) is 9.26. The molecule has 2 atom stereocenters. The molecule has 1 aromatic heterocycles. The van der Waals surface area contributed by atoms with Gasteiger partial charge in [-0.05, 0) is 13.3 Å². The maximum absolute atomic E-state index is 8.74. The van der Waals surface area contributed by atoms with Gasteiger partial charge in [0, 0.05) is 6.61 Å². The molecule has 1 N–H and O–H groups in total. The van der Waals surface area contributed by atoms with E-state index in [9.17, 15) is 0 Å². The Morgan fingerprint density at radius 1 is 1.62 bits per heavy atom. The number of rotatable bonds is 2. The minimum absolute atomic E-state index is 0.131. The van der Waals surface area contributed by atoms with E-state index in [1.807, 2.05) is 6.92 Å². The normalized spacial score (nSPS) is 28.2. The summed E-state index contributed by atoms with van der Waals surface area (Å²) in [7, 11) is 0. The third kappa shape index (κ3) is 1.57. The Balaban J connectivity index is 2.15. The van der Waals surface area contributed by atoms with Gasteiger partial charge in [0.15, 0.2) is 5.82 Å². The molecule has 0 aliphatic carbocycles. The third-order valence-corrected chi connectivity index (χ3v) is 2.32. The van der Waals surface area contributed by atoms with Gasteiger partial charge in [-0.2, -0.15) is 4.98 Å². The van der Waals surface area contributed by atoms with E-state index in [0.717, 1.165) is 13.0 Å². The van der Waals surface area contributed by atoms with Gasteiger partial charge in [-0.15, -0.1) is 0 Å². The number of aliphatic hydroxyl groups excluding tert-OH is 1. The summed E-state index contributed by atoms with van der Waals surface area (Å²) in [5.41, 5.74) is 0. The summed E-state index contributed by atoms with van der Waals surface area (Å²) in [6.45, 7) is 2.55. The summed E-state index contributed by atoms with van der Waals surface area (Å²) < 4.78 is 10.4. The average Bonchev–Trinajstić information content (AvgIpc) is 2.71. The Kier molecular flexibility index (Phi) is 2.28. The predicted octanol–water partition coefficient (Wildman–Crippen LogP) is 0.454. The van der Waals surface area contributed by atoms with Gasteiger partial charge in [0.25, 0.3) is 0 Å². The lowest BCUT2D eigenvalue weighted by Gasteiger charge is -2.07. The fourth-order valence-electron chi connectivity index (χ4n) is 1.54. The lowest BCUT2D eigenvalue weighted by atomic mass is 10.0. The first-order chi connectivity index (χ1) is 6.31. The molecule has 13 heavy (non-hydrogen) atoms. The van der Waals surface area contributed by atoms with Gasteiger partial charge in [0.2, 0.25) is 5.89 Å². The molecule has 2 rings (SSSR count). The van der Waals surface area contributed by atoms with Gasteiger partial charge in [0.05, 0.1) is 12.0 Å². The van der Waals surface area contributed by atoms with Crippen LogP contribution in [-0.2, 0) is 11.3 Å². The Bertz CT molecular complexity index is 287. The Morgan fingerprint density at radius 2 is 2.46 bits per heavy atom. The highest BCUT2D eigenvalue weighted by Gasteiger charge is 2.30. The molecule has 0 amide bonds. The molecule has 0 spiro atoms. The molecular weight excluding hydrogens is 172 g/mol. The molecule has 1 aliphatic rings. The first-order valence-corrected chi connectivity index (χ1v) is 4.36. The summed E-state index contributed by atoms with van der Waals surface area (Å²) in [5.74, 6) is 1.11. The van der Waals surface area contributed by atoms with Crippen LogP contribution in [0.4, 0.5) is 0 Å². The maximum Gasteiger partial charge on any atom is 0.232 e. The van der Waals surface area contributed by atoms with Crippen LogP contribution in [0, 0.1) is 0 Å². The van der Waals surface area contributed by atoms with Crippen LogP contribution in [0.25, 0.3) is 0 Å². The van der Waals surface area contributed by atoms with E-state index in [2.05, 4.69) is 10.1 Å². The SMILES string of the molecule is CC1OCCC1c1nc(CO)no1. The molecule has 0 radical (unpaired) electrons. The summed E-state index contributed by atoms with van der Waals surface area (Å²) >= 11 is 0. The quantitative estimate of drug-likeness (QED) is 0.722. The van der Waals surface area contributed by atoms with Crippen molar-refractivity contribution < 1.29 is 14.4 Å². The highest BCUT2D eigenvalue weighted by atomic mass is 16.5. The number of aromatic nitrogens is 2. The first-order valence-electron chi connectivity index (χ1n) is 4.36. The van der Waals surface area contributed by atoms with E-state index in [1.54, 1.807) is 0 Å². The lowest BCUT2D eigenvalue weighted by Crippen LogP contribution is -2.09. The minimum Gasteiger partial charge on any atom is -0.388 e. The van der Waals surface area contributed by atoms with Crippen LogP contribution in [0.15, 0.2) is 4.52 Å². The van der Waals surface area contributed by atoms with E-state index in [1.165, 1.54) is 0 Å². The summed E-state index contributed by atoms with van der Waals surface area (Å²) in [6.07, 6.45) is 1.04. The number of nitrogens with zero attached hydrogens (tertiary/aromatic N) is 2. The molecule has 1 aromatic rings. The van der Waals surface area contributed by atoms with E-state index < -0.39 is 0 Å². The zero-order valence-corrected chi connectivity index (χ0v) is 7.43. The molecule has 2 heterocycles. The smallest absolute Gasteiger partial charge is 0.232 e. The second-order valence-electron chi connectivity index (χ2n) is 3.18. The molecule has 0 saturated carbocycles. The van der Waals surface area contributed by atoms with Crippen molar-refractivity contribution in [2.75, 3.05) is 6.61 Å². The molecule has 5 heteroatoms. The molecule has 0 bridgehead atoms. The van der Waals surface area contributed by atoms with Crippen LogP contribution in [0.2, 0.25) is 0 Å². The second kappa shape index (κ2) is 3.43. The van der Waals surface area contributed by atoms with E-state index in [0.29, 0.717) is 11.7 Å². The van der Waals surface area contributed by atoms with Crippen molar-refractivity contribution in [3.63, 3.8) is 0 Å². The molecule has 2 unspecified atom stereocenters. The van der Waals surface area contributed by atoms with Crippen LogP contribution in [0.3, 0.4) is 0 Å². The van der Waals surface area contributed by atoms with Crippen molar-refractivity contribution in [3.05, 3.63) is 11.7 Å². The first kappa shape index (κ1) is 8.65. The Hall–Kier alpha value is -0.940. The average molecular weight is 184 g/mol. The highest BCUT2D eigenvalue weighted by molar-refractivity contribution is 4.98. The number of aliphatic hydroxyl groups is 1. The van der Waals surface area contributed by atoms with Crippen LogP contribution < -0.4 is 0 Å². The highest BCUT2D eigenvalue weighted by Crippen LogP contribution is 2.29. The molecule has 1 saturated heterocycles. The van der Waals surface area contributed by atoms with E-state index in [4.69, 9.17) is 14.4 Å². The monoisotopic (exact) mass is 184 g/mol. The van der Waals surface area contributed by atoms with Gasteiger partial charge in [-0.1, -0.05) is 5.16 Å². The lowest BCUT2D eigenvalue weighted by molar-refractivity contribution is 0.113. The third-order valence-electron chi connectivity index (χ3n) is 2.32. The van der Waals surface area contributed by atoms with E-state index in [-0.39, 0.29) is 18.6 Å². The zero-order valence-electron chi connectivity index (χ0n) is 7.43. The van der Waals surface area contributed by atoms with Gasteiger partial charge >= 0.3 is 0 Å². The summed E-state index contributed by atoms with van der Waals surface area (Å²) in [5, 5.41) is 12.4. The second-order valence-corrected chi connectivity index (χ2v) is 3.18. The minimum atomic E-state index is -0.175. The molecule has 1 aliphatic heterocycles. The van der Waals surface area contributed by atoms with Crippen molar-refractivity contribution in [1.82, 2.24) is 10.1 Å². The fraction of sp³-hybridized carbons (Fsp3) is 0.750. The van der Waals surface area contributed by atoms with Gasteiger partial charge in [-0.25, -0.2) is 0 Å². The van der Waals surface area contributed by atoms with Crippen molar-refractivity contribution in [2.45, 2.75) is 32.0 Å². The maximum atomic E-state index is 8.74. The molecule has 72 valence electrons. The number of hydrogen-bond acceptors (Lipinski definition) is 5. The summed E-state index contributed by atoms with van der Waals surface area (Å²) in [4.78, 5) is 4.05. The van der Waals surface area contributed by atoms with Gasteiger partial charge < -0.3 is 14.4 Å². The van der Waals surface area contributed by atoms with E-state index >= 15 is 0 Å². The molecule has 5 nitrogen and oxygen atoms in total. The van der Waals surface area contributed by atoms with Crippen LogP contribution >= 0.6 is 0 Å². The fourth-order valence-corrected chi connectivity index (χ4v) is 1.54. The predicted molar refractivity (Wildman–Crippen MR) is 43.0 cm³/mol. The van der Waals surface area contributed by atoms with Crippen LogP contribution in [-0.4, -0.2) is 28.0 Å². The van der Waals surface area contributed by atoms with Crippen molar-refractivity contribution >= 4 is 0 Å². The Labute approximate surface area is 75.7 Å². The number of ether oxygens (including phenoxy) is 1. The molecule has 1 fully saturated rings. The van der Waals surface area contributed by atoms with Crippen LogP contribution in [0.5, 0.6) is 0 Å². The molecular formula is C8H12N2O3. The van der Waals surface area contributed by atoms with Gasteiger partial charge in [0.1, 0.15) is 6.61 Å². The summed E-state index contributed by atoms with van der Waals surface area (Å²) in [6, 6.07) is 0. The Morgan fingerprint density at radius 3 is 3.00 bits per heavy atom. The molecule has 0 aromatic carbocycles. The standard InChI is InChI=1S/C8H12N2O3/c1-5-6(2-3-12-5)8-9-7(4-11)10-13-8/h5-6,11H,2-4H2,1H3. The van der Waals surface area contributed by atoms with Crippen LogP contribution in [0.1, 0.15) is 31.0 Å². The largest absolute Gasteiger partial charge is 0.388 e. The van der Waals surface area contributed by atoms with Crippen molar-refractivity contribution in [1.29, 1.82) is 0 Å².